The molecule has 0 unspecified atom stereocenters. The first-order valence-electron chi connectivity index (χ1n) is 10.9. The summed E-state index contributed by atoms with van der Waals surface area (Å²) in [5, 5.41) is 2.52. The van der Waals surface area contributed by atoms with Gasteiger partial charge in [0.1, 0.15) is 5.82 Å². The van der Waals surface area contributed by atoms with E-state index in [9.17, 15) is 22.4 Å². The molecule has 10 heteroatoms. The summed E-state index contributed by atoms with van der Waals surface area (Å²) in [6, 6.07) is 7.77. The molecular weight excluding hydrogens is 447 g/mol. The van der Waals surface area contributed by atoms with Gasteiger partial charge in [0.05, 0.1) is 10.9 Å². The maximum absolute atomic E-state index is 13.7. The molecule has 2 N–H and O–H groups in total. The van der Waals surface area contributed by atoms with Crippen LogP contribution in [-0.4, -0.2) is 50.9 Å². The number of halogens is 1. The molecule has 2 aliphatic heterocycles. The molecule has 0 aromatic heterocycles. The predicted octanol–water partition coefficient (Wildman–Crippen LogP) is 3.02. The lowest BCUT2D eigenvalue weighted by Gasteiger charge is -2.24. The van der Waals surface area contributed by atoms with Crippen molar-refractivity contribution in [2.45, 2.75) is 44.0 Å². The van der Waals surface area contributed by atoms with E-state index >= 15 is 0 Å². The van der Waals surface area contributed by atoms with Crippen molar-refractivity contribution in [3.05, 3.63) is 53.3 Å². The zero-order valence-corrected chi connectivity index (χ0v) is 19.4. The highest BCUT2D eigenvalue weighted by Gasteiger charge is 2.31. The Morgan fingerprint density at radius 2 is 1.79 bits per heavy atom. The second-order valence-electron chi connectivity index (χ2n) is 8.47. The number of hydrogen-bond acceptors (Lipinski definition) is 4. The molecule has 2 heterocycles. The Hall–Kier alpha value is -2.98. The summed E-state index contributed by atoms with van der Waals surface area (Å²) in [6.45, 7) is 5.02. The molecule has 0 spiro atoms. The third kappa shape index (κ3) is 4.86. The van der Waals surface area contributed by atoms with Crippen molar-refractivity contribution in [3.8, 4) is 0 Å². The van der Waals surface area contributed by atoms with Crippen LogP contribution >= 0.6 is 0 Å². The summed E-state index contributed by atoms with van der Waals surface area (Å²) < 4.78 is 41.8. The minimum Gasteiger partial charge on any atom is -0.325 e. The van der Waals surface area contributed by atoms with Crippen LogP contribution in [0.4, 0.5) is 20.6 Å². The van der Waals surface area contributed by atoms with E-state index in [2.05, 4.69) is 10.0 Å². The predicted molar refractivity (Wildman–Crippen MR) is 123 cm³/mol. The molecule has 3 amide bonds. The number of carbonyl (C=O) groups is 2. The summed E-state index contributed by atoms with van der Waals surface area (Å²) in [5.74, 6) is -1.07. The van der Waals surface area contributed by atoms with Crippen LogP contribution in [0, 0.1) is 12.7 Å². The topological polar surface area (TPSA) is 98.8 Å². The molecule has 0 radical (unpaired) electrons. The average Bonchev–Trinajstić information content (AvgIpc) is 3.45. The number of anilines is 2. The van der Waals surface area contributed by atoms with Crippen molar-refractivity contribution < 1.29 is 22.4 Å². The van der Waals surface area contributed by atoms with Crippen LogP contribution in [0.5, 0.6) is 0 Å². The smallest absolute Gasteiger partial charge is 0.324 e. The highest BCUT2D eigenvalue weighted by atomic mass is 32.2. The Labute approximate surface area is 192 Å². The first-order chi connectivity index (χ1) is 15.7. The SMILES string of the molecule is Cc1ccc(NC(=O)[C@H](C)NS(=O)(=O)c2ccc3c(c2)CCN3C(=O)N2CCCC2)cc1F. The Morgan fingerprint density at radius 3 is 2.48 bits per heavy atom. The van der Waals surface area contributed by atoms with E-state index in [0.29, 0.717) is 18.5 Å². The van der Waals surface area contributed by atoms with E-state index in [0.717, 1.165) is 37.2 Å². The zero-order chi connectivity index (χ0) is 23.8. The number of likely N-dealkylation sites (tertiary alicyclic amines) is 1. The molecule has 2 aromatic carbocycles. The second-order valence-corrected chi connectivity index (χ2v) is 10.2. The summed E-state index contributed by atoms with van der Waals surface area (Å²) in [4.78, 5) is 28.7. The Balaban J connectivity index is 1.44. The number of carbonyl (C=O) groups excluding carboxylic acids is 2. The monoisotopic (exact) mass is 474 g/mol. The number of sulfonamides is 1. The summed E-state index contributed by atoms with van der Waals surface area (Å²) >= 11 is 0. The minimum atomic E-state index is -3.99. The van der Waals surface area contributed by atoms with Crippen LogP contribution in [0.1, 0.15) is 30.9 Å². The van der Waals surface area contributed by atoms with E-state index < -0.39 is 27.8 Å². The van der Waals surface area contributed by atoms with Crippen LogP contribution < -0.4 is 14.9 Å². The third-order valence-corrected chi connectivity index (χ3v) is 7.57. The molecule has 1 saturated heterocycles. The highest BCUT2D eigenvalue weighted by Crippen LogP contribution is 2.31. The lowest BCUT2D eigenvalue weighted by molar-refractivity contribution is -0.117. The van der Waals surface area contributed by atoms with Gasteiger partial charge >= 0.3 is 6.03 Å². The Kier molecular flexibility index (Phi) is 6.40. The van der Waals surface area contributed by atoms with E-state index in [-0.39, 0.29) is 16.6 Å². The molecule has 1 atom stereocenters. The first kappa shape index (κ1) is 23.2. The van der Waals surface area contributed by atoms with E-state index in [1.807, 2.05) is 4.90 Å². The van der Waals surface area contributed by atoms with Crippen LogP contribution in [0.3, 0.4) is 0 Å². The van der Waals surface area contributed by atoms with Crippen molar-refractivity contribution in [1.29, 1.82) is 0 Å². The van der Waals surface area contributed by atoms with Gasteiger partial charge in [-0.05, 0) is 74.6 Å². The molecule has 0 saturated carbocycles. The van der Waals surface area contributed by atoms with Crippen LogP contribution in [0.25, 0.3) is 0 Å². The van der Waals surface area contributed by atoms with E-state index in [1.165, 1.54) is 25.1 Å². The fourth-order valence-electron chi connectivity index (χ4n) is 4.10. The van der Waals surface area contributed by atoms with Gasteiger partial charge < -0.3 is 10.2 Å². The second kappa shape index (κ2) is 9.11. The largest absolute Gasteiger partial charge is 0.325 e. The van der Waals surface area contributed by atoms with Gasteiger partial charge in [-0.15, -0.1) is 0 Å². The number of rotatable bonds is 5. The lowest BCUT2D eigenvalue weighted by atomic mass is 10.2. The van der Waals surface area contributed by atoms with Gasteiger partial charge in [-0.2, -0.15) is 4.72 Å². The van der Waals surface area contributed by atoms with Crippen molar-refractivity contribution in [3.63, 3.8) is 0 Å². The van der Waals surface area contributed by atoms with Crippen LogP contribution in [-0.2, 0) is 21.2 Å². The minimum absolute atomic E-state index is 0.0257. The summed E-state index contributed by atoms with van der Waals surface area (Å²) in [6.07, 6.45) is 2.56. The molecule has 0 bridgehead atoms. The lowest BCUT2D eigenvalue weighted by Crippen LogP contribution is -2.41. The normalized spacial score (nSPS) is 16.6. The van der Waals surface area contributed by atoms with Gasteiger partial charge in [0.25, 0.3) is 0 Å². The summed E-state index contributed by atoms with van der Waals surface area (Å²) in [7, 11) is -3.99. The number of aryl methyl sites for hydroxylation is 1. The molecule has 2 aromatic rings. The van der Waals surface area contributed by atoms with Crippen molar-refractivity contribution >= 4 is 33.3 Å². The molecule has 176 valence electrons. The Morgan fingerprint density at radius 1 is 1.06 bits per heavy atom. The molecule has 0 aliphatic carbocycles. The molecule has 2 aliphatic rings. The molecule has 33 heavy (non-hydrogen) atoms. The van der Waals surface area contributed by atoms with Gasteiger partial charge in [0.2, 0.25) is 15.9 Å². The molecular formula is C23H27FN4O4S. The number of amides is 3. The first-order valence-corrected chi connectivity index (χ1v) is 12.4. The maximum atomic E-state index is 13.7. The number of hydrogen-bond donors (Lipinski definition) is 2. The highest BCUT2D eigenvalue weighted by molar-refractivity contribution is 7.89. The van der Waals surface area contributed by atoms with Crippen LogP contribution in [0.2, 0.25) is 0 Å². The van der Waals surface area contributed by atoms with Gasteiger partial charge in [-0.3, -0.25) is 9.69 Å². The van der Waals surface area contributed by atoms with Crippen LogP contribution in [0.15, 0.2) is 41.3 Å². The molecule has 4 rings (SSSR count). The number of fused-ring (bicyclic) bond motifs is 1. The Bertz CT molecular complexity index is 1190. The standard InChI is InChI=1S/C23H27FN4O4S/c1-15-5-6-18(14-20(15)24)25-22(29)16(2)26-33(31,32)19-7-8-21-17(13-19)9-12-28(21)23(30)27-10-3-4-11-27/h5-8,13-14,16,26H,3-4,9-12H2,1-2H3,(H,25,29)/t16-/m0/s1. The van der Waals surface area contributed by atoms with Crippen molar-refractivity contribution in [2.75, 3.05) is 29.9 Å². The zero-order valence-electron chi connectivity index (χ0n) is 18.6. The van der Waals surface area contributed by atoms with E-state index in [1.54, 1.807) is 30.0 Å². The summed E-state index contributed by atoms with van der Waals surface area (Å²) in [5.41, 5.74) is 2.18. The average molecular weight is 475 g/mol. The molecule has 8 nitrogen and oxygen atoms in total. The fourth-order valence-corrected chi connectivity index (χ4v) is 5.35. The molecule has 1 fully saturated rings. The van der Waals surface area contributed by atoms with Crippen molar-refractivity contribution in [1.82, 2.24) is 9.62 Å². The van der Waals surface area contributed by atoms with Gasteiger partial charge in [0.15, 0.2) is 0 Å². The number of benzene rings is 2. The van der Waals surface area contributed by atoms with Crippen molar-refractivity contribution in [2.24, 2.45) is 0 Å². The number of nitrogens with zero attached hydrogens (tertiary/aromatic N) is 2. The quantitative estimate of drug-likeness (QED) is 0.696. The number of nitrogens with one attached hydrogen (secondary N) is 2. The van der Waals surface area contributed by atoms with Gasteiger partial charge in [-0.1, -0.05) is 6.07 Å². The van der Waals surface area contributed by atoms with E-state index in [4.69, 9.17) is 0 Å². The van der Waals surface area contributed by atoms with Gasteiger partial charge in [-0.25, -0.2) is 17.6 Å². The fraction of sp³-hybridized carbons (Fsp3) is 0.391. The number of urea groups is 1. The third-order valence-electron chi connectivity index (χ3n) is 6.03. The van der Waals surface area contributed by atoms with Gasteiger partial charge in [0, 0.05) is 31.0 Å². The maximum Gasteiger partial charge on any atom is 0.324 e.